The van der Waals surface area contributed by atoms with Gasteiger partial charge in [0.15, 0.2) is 0 Å². The Morgan fingerprint density at radius 2 is 2.00 bits per heavy atom. The van der Waals surface area contributed by atoms with E-state index in [-0.39, 0.29) is 16.2 Å². The minimum absolute atomic E-state index is 0.0380. The molecule has 1 aliphatic carbocycles. The summed E-state index contributed by atoms with van der Waals surface area (Å²) in [5.41, 5.74) is 1.29. The number of aryl methyl sites for hydroxylation is 1. The Bertz CT molecular complexity index is 651. The van der Waals surface area contributed by atoms with Crippen LogP contribution in [0.15, 0.2) is 23.1 Å². The smallest absolute Gasteiger partial charge is 0.261 e. The van der Waals surface area contributed by atoms with Gasteiger partial charge in [0, 0.05) is 22.8 Å². The van der Waals surface area contributed by atoms with Crippen molar-refractivity contribution in [2.75, 3.05) is 6.54 Å². The average molecular weight is 330 g/mol. The zero-order valence-electron chi connectivity index (χ0n) is 12.3. The van der Waals surface area contributed by atoms with E-state index in [1.54, 1.807) is 13.0 Å². The molecule has 0 radical (unpaired) electrons. The van der Waals surface area contributed by atoms with Gasteiger partial charge in [0.25, 0.3) is 15.0 Å². The van der Waals surface area contributed by atoms with E-state index < -0.39 is 9.05 Å². The van der Waals surface area contributed by atoms with Crippen molar-refractivity contribution in [2.45, 2.75) is 44.4 Å². The van der Waals surface area contributed by atoms with E-state index in [2.05, 4.69) is 12.2 Å². The van der Waals surface area contributed by atoms with Gasteiger partial charge in [-0.3, -0.25) is 4.79 Å². The Hall–Kier alpha value is -1.07. The van der Waals surface area contributed by atoms with Gasteiger partial charge in [0.05, 0.1) is 4.90 Å². The zero-order valence-corrected chi connectivity index (χ0v) is 13.9. The third-order valence-electron chi connectivity index (χ3n) is 3.96. The summed E-state index contributed by atoms with van der Waals surface area (Å²) < 4.78 is 22.8. The fraction of sp³-hybridized carbons (Fsp3) is 0.533. The van der Waals surface area contributed by atoms with Crippen molar-refractivity contribution >= 4 is 25.6 Å². The molecule has 0 saturated heterocycles. The van der Waals surface area contributed by atoms with Crippen LogP contribution in [0, 0.1) is 12.3 Å². The molecule has 1 N–H and O–H groups in total. The average Bonchev–Trinajstić information content (AvgIpc) is 3.15. The molecular formula is C15H20ClNO3S. The first-order valence-electron chi connectivity index (χ1n) is 7.10. The molecule has 2 rings (SSSR count). The summed E-state index contributed by atoms with van der Waals surface area (Å²) in [5.74, 6) is -0.248. The van der Waals surface area contributed by atoms with Crippen LogP contribution in [0.25, 0.3) is 0 Å². The van der Waals surface area contributed by atoms with Crippen molar-refractivity contribution < 1.29 is 13.2 Å². The molecule has 0 spiro atoms. The SMILES string of the molecule is CCCC1(CNC(=O)c2cc(C)cc(S(=O)(=O)Cl)c2)CC1. The van der Waals surface area contributed by atoms with Crippen molar-refractivity contribution in [3.05, 3.63) is 29.3 Å². The van der Waals surface area contributed by atoms with Crippen molar-refractivity contribution in [3.8, 4) is 0 Å². The predicted octanol–water partition coefficient (Wildman–Crippen LogP) is 3.23. The molecule has 116 valence electrons. The summed E-state index contributed by atoms with van der Waals surface area (Å²) in [4.78, 5) is 12.2. The topological polar surface area (TPSA) is 63.2 Å². The standard InChI is InChI=1S/C15H20ClNO3S/c1-3-4-15(5-6-15)10-17-14(18)12-7-11(2)8-13(9-12)21(16,19)20/h7-9H,3-6,10H2,1-2H3,(H,17,18). The molecule has 0 atom stereocenters. The lowest BCUT2D eigenvalue weighted by atomic mass is 10.0. The van der Waals surface area contributed by atoms with Gasteiger partial charge in [0.2, 0.25) is 0 Å². The Balaban J connectivity index is 2.11. The number of hydrogen-bond donors (Lipinski definition) is 1. The Morgan fingerprint density at radius 3 is 2.52 bits per heavy atom. The normalized spacial score (nSPS) is 16.5. The Morgan fingerprint density at radius 1 is 1.33 bits per heavy atom. The van der Waals surface area contributed by atoms with Crippen LogP contribution in [0.3, 0.4) is 0 Å². The maximum absolute atomic E-state index is 12.2. The summed E-state index contributed by atoms with van der Waals surface area (Å²) in [6.45, 7) is 4.53. The van der Waals surface area contributed by atoms with Crippen LogP contribution < -0.4 is 5.32 Å². The van der Waals surface area contributed by atoms with E-state index in [0.717, 1.165) is 25.7 Å². The highest BCUT2D eigenvalue weighted by molar-refractivity contribution is 8.13. The molecule has 1 saturated carbocycles. The Labute approximate surface area is 130 Å². The minimum atomic E-state index is -3.83. The number of amides is 1. The highest BCUT2D eigenvalue weighted by Crippen LogP contribution is 2.48. The molecule has 0 bridgehead atoms. The van der Waals surface area contributed by atoms with Gasteiger partial charge < -0.3 is 5.32 Å². The molecule has 0 heterocycles. The van der Waals surface area contributed by atoms with Crippen LogP contribution in [-0.4, -0.2) is 20.9 Å². The molecule has 0 unspecified atom stereocenters. The molecule has 0 aliphatic heterocycles. The van der Waals surface area contributed by atoms with E-state index in [1.807, 2.05) is 0 Å². The predicted molar refractivity (Wildman–Crippen MR) is 83.1 cm³/mol. The highest BCUT2D eigenvalue weighted by atomic mass is 35.7. The lowest BCUT2D eigenvalue weighted by Gasteiger charge is -2.15. The number of rotatable bonds is 6. The molecule has 21 heavy (non-hydrogen) atoms. The summed E-state index contributed by atoms with van der Waals surface area (Å²) in [7, 11) is 1.52. The molecule has 1 aliphatic rings. The van der Waals surface area contributed by atoms with E-state index in [4.69, 9.17) is 10.7 Å². The maximum Gasteiger partial charge on any atom is 0.261 e. The molecule has 0 aromatic heterocycles. The molecule has 6 heteroatoms. The van der Waals surface area contributed by atoms with Crippen LogP contribution in [0.1, 0.15) is 48.5 Å². The first-order chi connectivity index (χ1) is 9.76. The molecule has 1 fully saturated rings. The first kappa shape index (κ1) is 16.3. The van der Waals surface area contributed by atoms with E-state index in [0.29, 0.717) is 17.7 Å². The van der Waals surface area contributed by atoms with E-state index in [1.165, 1.54) is 12.1 Å². The number of carbonyl (C=O) groups is 1. The molecule has 4 nitrogen and oxygen atoms in total. The molecular weight excluding hydrogens is 310 g/mol. The van der Waals surface area contributed by atoms with Crippen LogP contribution in [0.4, 0.5) is 0 Å². The van der Waals surface area contributed by atoms with Crippen LogP contribution in [0.5, 0.6) is 0 Å². The fourth-order valence-electron chi connectivity index (χ4n) is 2.61. The number of hydrogen-bond acceptors (Lipinski definition) is 3. The number of carbonyl (C=O) groups excluding carboxylic acids is 1. The second-order valence-electron chi connectivity index (χ2n) is 5.91. The second-order valence-corrected chi connectivity index (χ2v) is 8.47. The fourth-order valence-corrected chi connectivity index (χ4v) is 3.47. The number of benzene rings is 1. The maximum atomic E-state index is 12.2. The van der Waals surface area contributed by atoms with Crippen LogP contribution in [0.2, 0.25) is 0 Å². The summed E-state index contributed by atoms with van der Waals surface area (Å²) in [6, 6.07) is 4.45. The van der Waals surface area contributed by atoms with E-state index >= 15 is 0 Å². The van der Waals surface area contributed by atoms with Gasteiger partial charge in [-0.25, -0.2) is 8.42 Å². The minimum Gasteiger partial charge on any atom is -0.351 e. The van der Waals surface area contributed by atoms with Gasteiger partial charge in [-0.15, -0.1) is 0 Å². The summed E-state index contributed by atoms with van der Waals surface area (Å²) >= 11 is 0. The van der Waals surface area contributed by atoms with Gasteiger partial charge in [-0.2, -0.15) is 0 Å². The number of nitrogens with one attached hydrogen (secondary N) is 1. The second kappa shape index (κ2) is 5.97. The molecule has 1 amide bonds. The summed E-state index contributed by atoms with van der Waals surface area (Å²) in [6.07, 6.45) is 4.52. The zero-order chi connectivity index (χ0) is 15.7. The van der Waals surface area contributed by atoms with Crippen LogP contribution >= 0.6 is 10.7 Å². The number of halogens is 1. The highest BCUT2D eigenvalue weighted by Gasteiger charge is 2.41. The first-order valence-corrected chi connectivity index (χ1v) is 9.41. The lowest BCUT2D eigenvalue weighted by Crippen LogP contribution is -2.30. The van der Waals surface area contributed by atoms with Crippen molar-refractivity contribution in [2.24, 2.45) is 5.41 Å². The lowest BCUT2D eigenvalue weighted by molar-refractivity contribution is 0.0943. The third kappa shape index (κ3) is 4.20. The van der Waals surface area contributed by atoms with Crippen molar-refractivity contribution in [1.82, 2.24) is 5.32 Å². The van der Waals surface area contributed by atoms with E-state index in [9.17, 15) is 13.2 Å². The summed E-state index contributed by atoms with van der Waals surface area (Å²) in [5, 5.41) is 2.92. The van der Waals surface area contributed by atoms with Gasteiger partial charge >= 0.3 is 0 Å². The van der Waals surface area contributed by atoms with Gasteiger partial charge in [-0.05, 0) is 55.4 Å². The third-order valence-corrected chi connectivity index (χ3v) is 5.29. The Kier molecular flexibility index (Phi) is 4.63. The molecule has 1 aromatic carbocycles. The quantitative estimate of drug-likeness (QED) is 0.815. The van der Waals surface area contributed by atoms with Crippen LogP contribution in [-0.2, 0) is 9.05 Å². The van der Waals surface area contributed by atoms with Gasteiger partial charge in [0.1, 0.15) is 0 Å². The van der Waals surface area contributed by atoms with Crippen molar-refractivity contribution in [1.29, 1.82) is 0 Å². The van der Waals surface area contributed by atoms with Gasteiger partial charge in [-0.1, -0.05) is 13.3 Å². The van der Waals surface area contributed by atoms with Crippen molar-refractivity contribution in [3.63, 3.8) is 0 Å². The largest absolute Gasteiger partial charge is 0.351 e. The molecule has 1 aromatic rings. The monoisotopic (exact) mass is 329 g/mol.